The Morgan fingerprint density at radius 2 is 1.97 bits per heavy atom. The van der Waals surface area contributed by atoms with E-state index in [2.05, 4.69) is 30.9 Å². The van der Waals surface area contributed by atoms with E-state index in [1.807, 2.05) is 0 Å². The normalized spacial score (nSPS) is 15.2. The summed E-state index contributed by atoms with van der Waals surface area (Å²) in [7, 11) is 1.33. The zero-order valence-electron chi connectivity index (χ0n) is 16.8. The standard InChI is InChI=1S/C20H17ClF2N6O3/c1-10-16(18(30)25-13-6-4-12(21)5-7-13)17(29-20(24-10)26-27-28-29)11-3-8-14(32-19(22)23)15(9-11)31-2/h3-9,17,19H,1-2H3,(H,25,30)(H,24,26,28). The fourth-order valence-electron chi connectivity index (χ4n) is 3.39. The zero-order valence-corrected chi connectivity index (χ0v) is 17.6. The molecule has 0 bridgehead atoms. The number of nitrogens with one attached hydrogen (secondary N) is 2. The van der Waals surface area contributed by atoms with E-state index >= 15 is 0 Å². The number of tetrazole rings is 1. The Morgan fingerprint density at radius 1 is 1.22 bits per heavy atom. The Kier molecular flexibility index (Phi) is 5.91. The second-order valence-corrected chi connectivity index (χ2v) is 7.20. The summed E-state index contributed by atoms with van der Waals surface area (Å²) in [5.41, 5.74) is 1.92. The van der Waals surface area contributed by atoms with Gasteiger partial charge >= 0.3 is 6.61 Å². The Morgan fingerprint density at radius 3 is 2.66 bits per heavy atom. The van der Waals surface area contributed by atoms with Crippen molar-refractivity contribution >= 4 is 29.1 Å². The van der Waals surface area contributed by atoms with E-state index in [-0.39, 0.29) is 11.5 Å². The van der Waals surface area contributed by atoms with Crippen LogP contribution in [0.1, 0.15) is 18.5 Å². The molecule has 2 aromatic carbocycles. The van der Waals surface area contributed by atoms with E-state index in [9.17, 15) is 13.6 Å². The number of nitrogens with zero attached hydrogens (tertiary/aromatic N) is 4. The quantitative estimate of drug-likeness (QED) is 0.573. The van der Waals surface area contributed by atoms with Gasteiger partial charge in [-0.3, -0.25) is 4.79 Å². The van der Waals surface area contributed by atoms with Crippen LogP contribution in [0.2, 0.25) is 5.02 Å². The maximum Gasteiger partial charge on any atom is 0.387 e. The smallest absolute Gasteiger partial charge is 0.387 e. The molecule has 0 fully saturated rings. The topological polar surface area (TPSA) is 103 Å². The minimum atomic E-state index is -3.01. The van der Waals surface area contributed by atoms with E-state index in [0.717, 1.165) is 0 Å². The predicted octanol–water partition coefficient (Wildman–Crippen LogP) is 3.86. The number of alkyl halides is 2. The molecular weight excluding hydrogens is 446 g/mol. The van der Waals surface area contributed by atoms with Crippen molar-refractivity contribution in [3.63, 3.8) is 0 Å². The average Bonchev–Trinajstić information content (AvgIpc) is 3.22. The lowest BCUT2D eigenvalue weighted by molar-refractivity contribution is -0.113. The Labute approximate surface area is 186 Å². The number of carbonyl (C=O) groups excluding carboxylic acids is 1. The minimum Gasteiger partial charge on any atom is -0.493 e. The number of benzene rings is 2. The molecule has 0 saturated carbocycles. The fraction of sp³-hybridized carbons (Fsp3) is 0.200. The summed E-state index contributed by atoms with van der Waals surface area (Å²) in [6.45, 7) is -1.30. The summed E-state index contributed by atoms with van der Waals surface area (Å²) in [6, 6.07) is 10.3. The average molecular weight is 463 g/mol. The van der Waals surface area contributed by atoms with Gasteiger partial charge in [-0.15, -0.1) is 0 Å². The van der Waals surface area contributed by atoms with Crippen LogP contribution in [0.25, 0.3) is 0 Å². The lowest BCUT2D eigenvalue weighted by Crippen LogP contribution is -2.31. The number of aromatic nitrogens is 4. The van der Waals surface area contributed by atoms with Crippen molar-refractivity contribution in [1.82, 2.24) is 20.2 Å². The number of allylic oxidation sites excluding steroid dienone is 1. The first-order chi connectivity index (χ1) is 15.4. The molecule has 9 nitrogen and oxygen atoms in total. The number of ether oxygens (including phenoxy) is 2. The van der Waals surface area contributed by atoms with Crippen LogP contribution in [0, 0.1) is 0 Å². The van der Waals surface area contributed by atoms with Crippen LogP contribution >= 0.6 is 11.6 Å². The molecule has 2 heterocycles. The van der Waals surface area contributed by atoms with E-state index in [1.54, 1.807) is 37.3 Å². The van der Waals surface area contributed by atoms with Gasteiger partial charge in [0.05, 0.1) is 12.7 Å². The number of anilines is 2. The first-order valence-electron chi connectivity index (χ1n) is 9.32. The van der Waals surface area contributed by atoms with Crippen LogP contribution in [-0.4, -0.2) is 39.8 Å². The summed E-state index contributed by atoms with van der Waals surface area (Å²) < 4.78 is 36.6. The van der Waals surface area contributed by atoms with Crippen LogP contribution < -0.4 is 20.1 Å². The molecule has 12 heteroatoms. The third-order valence-corrected chi connectivity index (χ3v) is 5.03. The molecule has 1 aliphatic heterocycles. The number of hydrogen-bond acceptors (Lipinski definition) is 7. The molecule has 1 amide bonds. The van der Waals surface area contributed by atoms with Gasteiger partial charge in [0.2, 0.25) is 5.95 Å². The Bertz CT molecular complexity index is 1180. The summed E-state index contributed by atoms with van der Waals surface area (Å²) in [5, 5.41) is 18.0. The lowest BCUT2D eigenvalue weighted by atomic mass is 9.94. The van der Waals surface area contributed by atoms with Crippen molar-refractivity contribution in [3.05, 3.63) is 64.3 Å². The monoisotopic (exact) mass is 462 g/mol. The van der Waals surface area contributed by atoms with Crippen molar-refractivity contribution in [2.75, 3.05) is 17.7 Å². The number of halogens is 3. The largest absolute Gasteiger partial charge is 0.493 e. The van der Waals surface area contributed by atoms with Gasteiger partial charge in [0.1, 0.15) is 6.04 Å². The molecule has 0 radical (unpaired) electrons. The Balaban J connectivity index is 1.75. The van der Waals surface area contributed by atoms with E-state index < -0.39 is 18.6 Å². The highest BCUT2D eigenvalue weighted by atomic mass is 35.5. The number of methoxy groups -OCH3 is 1. The van der Waals surface area contributed by atoms with Crippen molar-refractivity contribution in [2.24, 2.45) is 0 Å². The Hall–Kier alpha value is -3.73. The first-order valence-corrected chi connectivity index (χ1v) is 9.70. The highest BCUT2D eigenvalue weighted by Gasteiger charge is 2.34. The molecule has 1 unspecified atom stereocenters. The molecule has 1 aromatic heterocycles. The third-order valence-electron chi connectivity index (χ3n) is 4.78. The number of fused-ring (bicyclic) bond motifs is 1. The van der Waals surface area contributed by atoms with Crippen molar-refractivity contribution in [1.29, 1.82) is 0 Å². The SMILES string of the molecule is COc1cc(C2C(C(=O)Nc3ccc(Cl)cc3)=C(C)Nc3nnnn32)ccc1OC(F)F. The number of rotatable bonds is 6. The number of amides is 1. The van der Waals surface area contributed by atoms with E-state index in [4.69, 9.17) is 16.3 Å². The highest BCUT2D eigenvalue weighted by molar-refractivity contribution is 6.30. The van der Waals surface area contributed by atoms with Crippen LogP contribution in [0.4, 0.5) is 20.4 Å². The van der Waals surface area contributed by atoms with E-state index in [0.29, 0.717) is 33.5 Å². The van der Waals surface area contributed by atoms with E-state index in [1.165, 1.54) is 23.9 Å². The molecule has 2 N–H and O–H groups in total. The maximum atomic E-state index is 13.3. The second-order valence-electron chi connectivity index (χ2n) is 6.76. The van der Waals surface area contributed by atoms with Gasteiger partial charge in [0, 0.05) is 16.4 Å². The summed E-state index contributed by atoms with van der Waals surface area (Å²) in [5.74, 6) is -0.145. The molecule has 0 aliphatic carbocycles. The van der Waals surface area contributed by atoms with Crippen molar-refractivity contribution < 1.29 is 23.0 Å². The minimum absolute atomic E-state index is 0.0751. The van der Waals surface area contributed by atoms with Crippen molar-refractivity contribution in [2.45, 2.75) is 19.6 Å². The predicted molar refractivity (Wildman–Crippen MR) is 112 cm³/mol. The summed E-state index contributed by atoms with van der Waals surface area (Å²) in [4.78, 5) is 13.3. The summed E-state index contributed by atoms with van der Waals surface area (Å²) >= 11 is 5.91. The van der Waals surface area contributed by atoms with Gasteiger partial charge in [0.25, 0.3) is 5.91 Å². The van der Waals surface area contributed by atoms with Crippen LogP contribution in [0.5, 0.6) is 11.5 Å². The molecule has 0 saturated heterocycles. The second kappa shape index (κ2) is 8.79. The van der Waals surface area contributed by atoms with Gasteiger partial charge < -0.3 is 20.1 Å². The van der Waals surface area contributed by atoms with Gasteiger partial charge in [-0.25, -0.2) is 0 Å². The zero-order chi connectivity index (χ0) is 22.8. The molecule has 4 rings (SSSR count). The van der Waals surface area contributed by atoms with Crippen LogP contribution in [-0.2, 0) is 4.79 Å². The molecule has 1 atom stereocenters. The molecule has 166 valence electrons. The third kappa shape index (κ3) is 4.19. The molecule has 32 heavy (non-hydrogen) atoms. The molecular formula is C20H17ClF2N6O3. The molecule has 3 aromatic rings. The van der Waals surface area contributed by atoms with Crippen LogP contribution in [0.3, 0.4) is 0 Å². The highest BCUT2D eigenvalue weighted by Crippen LogP contribution is 2.39. The van der Waals surface area contributed by atoms with Crippen molar-refractivity contribution in [3.8, 4) is 11.5 Å². The van der Waals surface area contributed by atoms with Gasteiger partial charge in [-0.1, -0.05) is 22.8 Å². The van der Waals surface area contributed by atoms with Gasteiger partial charge in [-0.05, 0) is 59.3 Å². The van der Waals surface area contributed by atoms with Gasteiger partial charge in [0.15, 0.2) is 11.5 Å². The number of carbonyl (C=O) groups is 1. The first kappa shape index (κ1) is 21.5. The molecule has 1 aliphatic rings. The maximum absolute atomic E-state index is 13.3. The lowest BCUT2D eigenvalue weighted by Gasteiger charge is -2.28. The van der Waals surface area contributed by atoms with Gasteiger partial charge in [-0.2, -0.15) is 13.5 Å². The fourth-order valence-corrected chi connectivity index (χ4v) is 3.52. The van der Waals surface area contributed by atoms with Crippen LogP contribution in [0.15, 0.2) is 53.7 Å². The number of hydrogen-bond donors (Lipinski definition) is 2. The summed E-state index contributed by atoms with van der Waals surface area (Å²) in [6.07, 6.45) is 0. The molecule has 0 spiro atoms.